The van der Waals surface area contributed by atoms with Gasteiger partial charge in [0.25, 0.3) is 17.1 Å². The molecule has 0 radical (unpaired) electrons. The van der Waals surface area contributed by atoms with Crippen molar-refractivity contribution in [1.29, 1.82) is 0 Å². The second kappa shape index (κ2) is 9.91. The Morgan fingerprint density at radius 3 is 2.50 bits per heavy atom. The lowest BCUT2D eigenvalue weighted by molar-refractivity contribution is -0.132. The molecule has 2 saturated heterocycles. The van der Waals surface area contributed by atoms with Gasteiger partial charge < -0.3 is 14.4 Å². The lowest BCUT2D eigenvalue weighted by Crippen LogP contribution is -2.32. The zero-order valence-corrected chi connectivity index (χ0v) is 18.6. The fourth-order valence-corrected chi connectivity index (χ4v) is 4.46. The fraction of sp³-hybridized carbons (Fsp3) is 0.292. The van der Waals surface area contributed by atoms with Crippen LogP contribution in [-0.2, 0) is 9.59 Å². The van der Waals surface area contributed by atoms with Gasteiger partial charge in [-0.15, -0.1) is 0 Å². The van der Waals surface area contributed by atoms with Crippen LogP contribution in [0.2, 0.25) is 0 Å². The van der Waals surface area contributed by atoms with Gasteiger partial charge in [0.1, 0.15) is 0 Å². The molecule has 0 aromatic heterocycles. The summed E-state index contributed by atoms with van der Waals surface area (Å²) in [6.45, 7) is 3.78. The fourth-order valence-electron chi connectivity index (χ4n) is 3.62. The summed E-state index contributed by atoms with van der Waals surface area (Å²) in [5.74, 6) is 0.552. The minimum absolute atomic E-state index is 0.0383. The molecule has 2 heterocycles. The normalized spacial score (nSPS) is 17.3. The summed E-state index contributed by atoms with van der Waals surface area (Å²) in [6.07, 6.45) is 3.72. The molecular weight excluding hydrogens is 428 g/mol. The van der Waals surface area contributed by atoms with Gasteiger partial charge >= 0.3 is 0 Å². The molecule has 7 nitrogen and oxygen atoms in total. The van der Waals surface area contributed by atoms with E-state index in [9.17, 15) is 14.4 Å². The number of carbonyl (C=O) groups excluding carboxylic acids is 3. The van der Waals surface area contributed by atoms with E-state index in [-0.39, 0.29) is 23.7 Å². The standard InChI is InChI=1S/C24H24N2O5S/c1-2-30-20-14-17(10-11-19(20)31-16-22(27)25-12-6-7-13-25)15-21-23(28)26(24(29)32-21)18-8-4-3-5-9-18/h3-5,8-11,14-15H,2,6-7,12-13,16H2,1H3/b21-15+. The van der Waals surface area contributed by atoms with E-state index in [2.05, 4.69) is 0 Å². The summed E-state index contributed by atoms with van der Waals surface area (Å²) in [6, 6.07) is 14.1. The Morgan fingerprint density at radius 1 is 1.03 bits per heavy atom. The van der Waals surface area contributed by atoms with Gasteiger partial charge in [-0.25, -0.2) is 4.90 Å². The van der Waals surface area contributed by atoms with Crippen LogP contribution in [0.3, 0.4) is 0 Å². The molecule has 2 aromatic rings. The minimum atomic E-state index is -0.360. The number of benzene rings is 2. The number of rotatable bonds is 7. The first-order chi connectivity index (χ1) is 15.6. The molecular formula is C24H24N2O5S. The number of thioether (sulfide) groups is 1. The number of para-hydroxylation sites is 1. The highest BCUT2D eigenvalue weighted by Gasteiger charge is 2.36. The number of ether oxygens (including phenoxy) is 2. The number of carbonyl (C=O) groups is 3. The van der Waals surface area contributed by atoms with Gasteiger partial charge in [0.15, 0.2) is 18.1 Å². The van der Waals surface area contributed by atoms with E-state index in [1.165, 1.54) is 4.90 Å². The van der Waals surface area contributed by atoms with Crippen molar-refractivity contribution in [2.75, 3.05) is 31.2 Å². The summed E-state index contributed by atoms with van der Waals surface area (Å²) in [4.78, 5) is 40.8. The van der Waals surface area contributed by atoms with Crippen LogP contribution in [-0.4, -0.2) is 48.3 Å². The molecule has 0 N–H and O–H groups in total. The molecule has 0 atom stereocenters. The van der Waals surface area contributed by atoms with Crippen molar-refractivity contribution in [2.24, 2.45) is 0 Å². The molecule has 166 valence electrons. The van der Waals surface area contributed by atoms with Gasteiger partial charge in [0.2, 0.25) is 0 Å². The summed E-state index contributed by atoms with van der Waals surface area (Å²) < 4.78 is 11.4. The minimum Gasteiger partial charge on any atom is -0.490 e. The Morgan fingerprint density at radius 2 is 1.78 bits per heavy atom. The first-order valence-electron chi connectivity index (χ1n) is 10.6. The molecule has 2 aliphatic rings. The molecule has 0 bridgehead atoms. The lowest BCUT2D eigenvalue weighted by Gasteiger charge is -2.17. The summed E-state index contributed by atoms with van der Waals surface area (Å²) in [5, 5.41) is -0.335. The molecule has 2 aromatic carbocycles. The number of nitrogens with zero attached hydrogens (tertiary/aromatic N) is 2. The predicted molar refractivity (Wildman–Crippen MR) is 124 cm³/mol. The van der Waals surface area contributed by atoms with Crippen LogP contribution < -0.4 is 14.4 Å². The molecule has 8 heteroatoms. The highest BCUT2D eigenvalue weighted by Crippen LogP contribution is 2.37. The third-order valence-electron chi connectivity index (χ3n) is 5.18. The van der Waals surface area contributed by atoms with Crippen molar-refractivity contribution in [3.8, 4) is 11.5 Å². The van der Waals surface area contributed by atoms with E-state index >= 15 is 0 Å². The van der Waals surface area contributed by atoms with Crippen LogP contribution in [0.4, 0.5) is 10.5 Å². The van der Waals surface area contributed by atoms with Crippen molar-refractivity contribution in [3.05, 3.63) is 59.0 Å². The number of hydrogen-bond donors (Lipinski definition) is 0. The summed E-state index contributed by atoms with van der Waals surface area (Å²) >= 11 is 0.899. The van der Waals surface area contributed by atoms with Gasteiger partial charge in [-0.05, 0) is 67.4 Å². The summed E-state index contributed by atoms with van der Waals surface area (Å²) in [5.41, 5.74) is 1.24. The molecule has 0 aliphatic carbocycles. The number of hydrogen-bond acceptors (Lipinski definition) is 6. The number of likely N-dealkylation sites (tertiary alicyclic amines) is 1. The Hall–Kier alpha value is -3.26. The van der Waals surface area contributed by atoms with Gasteiger partial charge in [-0.2, -0.15) is 0 Å². The van der Waals surface area contributed by atoms with Crippen molar-refractivity contribution < 1.29 is 23.9 Å². The van der Waals surface area contributed by atoms with Gasteiger partial charge in [0, 0.05) is 13.1 Å². The Labute approximate surface area is 191 Å². The van der Waals surface area contributed by atoms with E-state index in [4.69, 9.17) is 9.47 Å². The van der Waals surface area contributed by atoms with Gasteiger partial charge in [-0.1, -0.05) is 24.3 Å². The maximum atomic E-state index is 12.8. The van der Waals surface area contributed by atoms with E-state index < -0.39 is 0 Å². The van der Waals surface area contributed by atoms with Crippen molar-refractivity contribution in [1.82, 2.24) is 4.90 Å². The van der Waals surface area contributed by atoms with Crippen molar-refractivity contribution >= 4 is 40.6 Å². The quantitative estimate of drug-likeness (QED) is 0.582. The van der Waals surface area contributed by atoms with Crippen molar-refractivity contribution in [2.45, 2.75) is 19.8 Å². The van der Waals surface area contributed by atoms with Crippen LogP contribution in [0, 0.1) is 0 Å². The second-order valence-electron chi connectivity index (χ2n) is 7.37. The maximum Gasteiger partial charge on any atom is 0.298 e. The Balaban J connectivity index is 1.50. The lowest BCUT2D eigenvalue weighted by atomic mass is 10.1. The largest absolute Gasteiger partial charge is 0.490 e. The average molecular weight is 453 g/mol. The van der Waals surface area contributed by atoms with E-state index in [0.717, 1.165) is 37.7 Å². The van der Waals surface area contributed by atoms with Crippen LogP contribution in [0.1, 0.15) is 25.3 Å². The molecule has 32 heavy (non-hydrogen) atoms. The number of anilines is 1. The van der Waals surface area contributed by atoms with E-state index in [1.54, 1.807) is 53.4 Å². The number of imide groups is 1. The first-order valence-corrected chi connectivity index (χ1v) is 11.4. The first kappa shape index (κ1) is 22.0. The topological polar surface area (TPSA) is 76.1 Å². The molecule has 0 spiro atoms. The van der Waals surface area contributed by atoms with Crippen molar-refractivity contribution in [3.63, 3.8) is 0 Å². The third-order valence-corrected chi connectivity index (χ3v) is 6.05. The maximum absolute atomic E-state index is 12.8. The highest BCUT2D eigenvalue weighted by molar-refractivity contribution is 8.19. The number of amides is 3. The Kier molecular flexibility index (Phi) is 6.80. The highest BCUT2D eigenvalue weighted by atomic mass is 32.2. The smallest absolute Gasteiger partial charge is 0.298 e. The summed E-state index contributed by atoms with van der Waals surface area (Å²) in [7, 11) is 0. The van der Waals surface area contributed by atoms with Gasteiger partial charge in [-0.3, -0.25) is 14.4 Å². The molecule has 0 saturated carbocycles. The molecule has 3 amide bonds. The van der Waals surface area contributed by atoms with Crippen LogP contribution >= 0.6 is 11.8 Å². The van der Waals surface area contributed by atoms with E-state index in [1.807, 2.05) is 13.0 Å². The van der Waals surface area contributed by atoms with Crippen LogP contribution in [0.25, 0.3) is 6.08 Å². The monoisotopic (exact) mass is 452 g/mol. The second-order valence-corrected chi connectivity index (χ2v) is 8.36. The molecule has 0 unspecified atom stereocenters. The molecule has 2 aliphatic heterocycles. The molecule has 2 fully saturated rings. The Bertz CT molecular complexity index is 1050. The molecule has 4 rings (SSSR count). The third kappa shape index (κ3) is 4.80. The van der Waals surface area contributed by atoms with Crippen LogP contribution in [0.5, 0.6) is 11.5 Å². The van der Waals surface area contributed by atoms with Gasteiger partial charge in [0.05, 0.1) is 17.2 Å². The SMILES string of the molecule is CCOc1cc(/C=C2/SC(=O)N(c3ccccc3)C2=O)ccc1OCC(=O)N1CCCC1. The zero-order valence-electron chi connectivity index (χ0n) is 17.8. The zero-order chi connectivity index (χ0) is 22.5. The van der Waals surface area contributed by atoms with Crippen LogP contribution in [0.15, 0.2) is 53.4 Å². The predicted octanol–water partition coefficient (Wildman–Crippen LogP) is 4.33. The average Bonchev–Trinajstić information content (AvgIpc) is 3.42. The van der Waals surface area contributed by atoms with E-state index in [0.29, 0.717) is 34.3 Å².